The molecule has 1 amide bonds. The second-order valence-electron chi connectivity index (χ2n) is 9.10. The third-order valence-electron chi connectivity index (χ3n) is 6.27. The van der Waals surface area contributed by atoms with Gasteiger partial charge in [-0.3, -0.25) is 4.79 Å². The van der Waals surface area contributed by atoms with Gasteiger partial charge in [-0.05, 0) is 76.8 Å². The van der Waals surface area contributed by atoms with Gasteiger partial charge in [0.2, 0.25) is 0 Å². The largest absolute Gasteiger partial charge is 0.494 e. The molecule has 1 fully saturated rings. The number of hydrogen-bond acceptors (Lipinski definition) is 4. The monoisotopic (exact) mass is 432 g/mol. The topological polar surface area (TPSA) is 50.8 Å². The predicted octanol–water partition coefficient (Wildman–Crippen LogP) is 6.03. The average Bonchev–Trinajstić information content (AvgIpc) is 2.77. The van der Waals surface area contributed by atoms with Crippen molar-refractivity contribution in [1.29, 1.82) is 0 Å². The molecule has 1 saturated heterocycles. The van der Waals surface area contributed by atoms with Gasteiger partial charge in [-0.1, -0.05) is 39.5 Å². The van der Waals surface area contributed by atoms with Crippen molar-refractivity contribution in [3.8, 4) is 5.75 Å². The quantitative estimate of drug-likeness (QED) is 0.364. The zero-order chi connectivity index (χ0) is 22.5. The number of benzene rings is 1. The number of carbonyl (C=O) groups excluding carboxylic acids is 1. The normalized spacial score (nSPS) is 19.0. The summed E-state index contributed by atoms with van der Waals surface area (Å²) in [5, 5.41) is 3.03. The molecular formula is C26H44N2O3. The van der Waals surface area contributed by atoms with Gasteiger partial charge < -0.3 is 19.7 Å². The Bertz CT molecular complexity index is 634. The summed E-state index contributed by atoms with van der Waals surface area (Å²) in [6.45, 7) is 12.1. The van der Waals surface area contributed by atoms with Gasteiger partial charge in [0, 0.05) is 24.9 Å². The van der Waals surface area contributed by atoms with Crippen LogP contribution in [0.15, 0.2) is 24.3 Å². The average molecular weight is 433 g/mol. The molecule has 0 bridgehead atoms. The van der Waals surface area contributed by atoms with Crippen molar-refractivity contribution in [2.75, 3.05) is 31.6 Å². The van der Waals surface area contributed by atoms with Crippen LogP contribution in [0.5, 0.6) is 5.75 Å². The number of piperidine rings is 1. The summed E-state index contributed by atoms with van der Waals surface area (Å²) < 4.78 is 11.9. The van der Waals surface area contributed by atoms with Gasteiger partial charge in [-0.2, -0.15) is 0 Å². The fraction of sp³-hybridized carbons (Fsp3) is 0.731. The molecular weight excluding hydrogens is 388 g/mol. The first kappa shape index (κ1) is 25.7. The summed E-state index contributed by atoms with van der Waals surface area (Å²) in [7, 11) is 0. The molecule has 0 unspecified atom stereocenters. The molecule has 1 aliphatic heterocycles. The fourth-order valence-corrected chi connectivity index (χ4v) is 4.14. The number of rotatable bonds is 14. The minimum absolute atomic E-state index is 0.0682. The first-order valence-electron chi connectivity index (χ1n) is 12.4. The van der Waals surface area contributed by atoms with E-state index < -0.39 is 5.60 Å². The van der Waals surface area contributed by atoms with Gasteiger partial charge >= 0.3 is 0 Å². The van der Waals surface area contributed by atoms with E-state index in [0.29, 0.717) is 12.6 Å². The van der Waals surface area contributed by atoms with Crippen molar-refractivity contribution >= 4 is 11.6 Å². The van der Waals surface area contributed by atoms with Crippen LogP contribution in [0.3, 0.4) is 0 Å². The van der Waals surface area contributed by atoms with Gasteiger partial charge in [0.25, 0.3) is 5.91 Å². The number of nitrogens with one attached hydrogen (secondary N) is 1. The molecule has 0 aromatic heterocycles. The molecule has 1 heterocycles. The highest BCUT2D eigenvalue weighted by Crippen LogP contribution is 2.24. The number of nitrogens with zero attached hydrogens (tertiary/aromatic N) is 1. The Balaban J connectivity index is 1.79. The van der Waals surface area contributed by atoms with Crippen molar-refractivity contribution in [2.24, 2.45) is 0 Å². The molecule has 1 N–H and O–H groups in total. The number of likely N-dealkylation sites (tertiary alicyclic amines) is 1. The van der Waals surface area contributed by atoms with E-state index in [1.54, 1.807) is 0 Å². The highest BCUT2D eigenvalue weighted by molar-refractivity contribution is 5.97. The number of hydrogen-bond donors (Lipinski definition) is 1. The summed E-state index contributed by atoms with van der Waals surface area (Å²) in [6.07, 6.45) is 9.91. The van der Waals surface area contributed by atoms with Crippen molar-refractivity contribution in [2.45, 2.75) is 97.1 Å². The van der Waals surface area contributed by atoms with Crippen molar-refractivity contribution < 1.29 is 14.3 Å². The number of ether oxygens (including phenoxy) is 2. The third kappa shape index (κ3) is 8.82. The third-order valence-corrected chi connectivity index (χ3v) is 6.27. The Morgan fingerprint density at radius 3 is 2.55 bits per heavy atom. The van der Waals surface area contributed by atoms with Crippen LogP contribution in [-0.2, 0) is 9.53 Å². The molecule has 2 atom stereocenters. The maximum Gasteiger partial charge on any atom is 0.256 e. The molecule has 1 aromatic rings. The Morgan fingerprint density at radius 2 is 1.87 bits per heavy atom. The minimum atomic E-state index is -0.786. The number of amides is 1. The summed E-state index contributed by atoms with van der Waals surface area (Å²) in [4.78, 5) is 15.5. The highest BCUT2D eigenvalue weighted by atomic mass is 16.5. The zero-order valence-corrected chi connectivity index (χ0v) is 20.3. The Labute approximate surface area is 189 Å². The van der Waals surface area contributed by atoms with Crippen LogP contribution in [0, 0.1) is 0 Å². The lowest BCUT2D eigenvalue weighted by Crippen LogP contribution is -2.43. The minimum Gasteiger partial charge on any atom is -0.494 e. The maximum atomic E-state index is 12.9. The molecule has 0 aliphatic carbocycles. The van der Waals surface area contributed by atoms with Gasteiger partial charge in [0.05, 0.1) is 6.61 Å². The van der Waals surface area contributed by atoms with Gasteiger partial charge in [-0.15, -0.1) is 0 Å². The molecule has 5 heteroatoms. The standard InChI is InChI=1S/C26H44N2O3/c1-5-7-9-17-26(4,31-20-6-2)25(29)27-23-13-15-24(16-14-23)30-21-11-19-28-18-10-8-12-22(28)3/h13-16,22H,5-12,17-21H2,1-4H3,(H,27,29)/t22-,26+/m1/s1. The van der Waals surface area contributed by atoms with Crippen LogP contribution < -0.4 is 10.1 Å². The number of anilines is 1. The molecule has 5 nitrogen and oxygen atoms in total. The van der Waals surface area contributed by atoms with E-state index in [-0.39, 0.29) is 5.91 Å². The van der Waals surface area contributed by atoms with Crippen LogP contribution in [0.2, 0.25) is 0 Å². The molecule has 0 saturated carbocycles. The van der Waals surface area contributed by atoms with Crippen LogP contribution in [0.1, 0.15) is 85.5 Å². The highest BCUT2D eigenvalue weighted by Gasteiger charge is 2.33. The van der Waals surface area contributed by atoms with Gasteiger partial charge in [0.15, 0.2) is 0 Å². The first-order chi connectivity index (χ1) is 15.0. The molecule has 1 aromatic carbocycles. The van der Waals surface area contributed by atoms with Crippen LogP contribution in [0.4, 0.5) is 5.69 Å². The smallest absolute Gasteiger partial charge is 0.256 e. The van der Waals surface area contributed by atoms with E-state index in [0.717, 1.165) is 63.1 Å². The van der Waals surface area contributed by atoms with E-state index in [4.69, 9.17) is 9.47 Å². The molecule has 0 radical (unpaired) electrons. The second kappa shape index (κ2) is 13.7. The predicted molar refractivity (Wildman–Crippen MR) is 129 cm³/mol. The van der Waals surface area contributed by atoms with Crippen LogP contribution >= 0.6 is 0 Å². The second-order valence-corrected chi connectivity index (χ2v) is 9.10. The summed E-state index contributed by atoms with van der Waals surface area (Å²) in [5.74, 6) is 0.777. The fourth-order valence-electron chi connectivity index (χ4n) is 4.14. The van der Waals surface area contributed by atoms with E-state index in [9.17, 15) is 4.79 Å². The van der Waals surface area contributed by atoms with Gasteiger partial charge in [0.1, 0.15) is 11.4 Å². The summed E-state index contributed by atoms with van der Waals surface area (Å²) in [6, 6.07) is 8.38. The van der Waals surface area contributed by atoms with Crippen LogP contribution in [-0.4, -0.2) is 48.8 Å². The molecule has 2 rings (SSSR count). The zero-order valence-electron chi connectivity index (χ0n) is 20.3. The van der Waals surface area contributed by atoms with Crippen molar-refractivity contribution in [1.82, 2.24) is 4.90 Å². The molecule has 176 valence electrons. The molecule has 1 aliphatic rings. The van der Waals surface area contributed by atoms with Crippen molar-refractivity contribution in [3.63, 3.8) is 0 Å². The maximum absolute atomic E-state index is 12.9. The lowest BCUT2D eigenvalue weighted by atomic mass is 9.96. The number of unbranched alkanes of at least 4 members (excludes halogenated alkanes) is 2. The Kier molecular flexibility index (Phi) is 11.4. The lowest BCUT2D eigenvalue weighted by Gasteiger charge is -2.33. The first-order valence-corrected chi connectivity index (χ1v) is 12.4. The number of carbonyl (C=O) groups is 1. The van der Waals surface area contributed by atoms with Crippen LogP contribution in [0.25, 0.3) is 0 Å². The van der Waals surface area contributed by atoms with E-state index >= 15 is 0 Å². The molecule has 0 spiro atoms. The Hall–Kier alpha value is -1.59. The van der Waals surface area contributed by atoms with E-state index in [2.05, 4.69) is 31.0 Å². The Morgan fingerprint density at radius 1 is 1.10 bits per heavy atom. The van der Waals surface area contributed by atoms with Gasteiger partial charge in [-0.25, -0.2) is 0 Å². The SMILES string of the molecule is CCCCC[C@](C)(OCCC)C(=O)Nc1ccc(OCCCN2CCCC[C@H]2C)cc1. The van der Waals surface area contributed by atoms with E-state index in [1.807, 2.05) is 31.2 Å². The molecule has 31 heavy (non-hydrogen) atoms. The summed E-state index contributed by atoms with van der Waals surface area (Å²) in [5.41, 5.74) is -0.00679. The van der Waals surface area contributed by atoms with Crippen molar-refractivity contribution in [3.05, 3.63) is 24.3 Å². The lowest BCUT2D eigenvalue weighted by molar-refractivity contribution is -0.140. The van der Waals surface area contributed by atoms with E-state index in [1.165, 1.54) is 25.8 Å². The summed E-state index contributed by atoms with van der Waals surface area (Å²) >= 11 is 0.